The molecule has 4 rings (SSSR count). The number of carbonyl (C=O) groups excluding carboxylic acids is 2. The van der Waals surface area contributed by atoms with Gasteiger partial charge in [-0.2, -0.15) is 0 Å². The van der Waals surface area contributed by atoms with Crippen LogP contribution >= 0.6 is 23.0 Å². The monoisotopic (exact) mass is 684 g/mol. The van der Waals surface area contributed by atoms with Gasteiger partial charge in [0.15, 0.2) is 23.0 Å². The Bertz CT molecular complexity index is 1490. The highest BCUT2D eigenvalue weighted by atomic mass is 127. The Kier molecular flexibility index (Phi) is 10.9. The number of benzene rings is 3. The fourth-order valence-electron chi connectivity index (χ4n) is 5.23. The molecule has 0 unspecified atom stereocenters. The van der Waals surface area contributed by atoms with Crippen LogP contribution in [0.25, 0.3) is 22.4 Å². The van der Waals surface area contributed by atoms with Crippen LogP contribution in [0.15, 0.2) is 84.9 Å². The maximum Gasteiger partial charge on any atom is 0.317 e. The van der Waals surface area contributed by atoms with E-state index >= 15 is 0 Å². The summed E-state index contributed by atoms with van der Waals surface area (Å²) in [4.78, 5) is 25.6. The molecule has 3 aromatic carbocycles. The quantitative estimate of drug-likeness (QED) is 0.138. The van der Waals surface area contributed by atoms with Gasteiger partial charge in [-0.1, -0.05) is 62.4 Å². The minimum Gasteiger partial charge on any atom is -0.394 e. The molecule has 0 radical (unpaired) electrons. The summed E-state index contributed by atoms with van der Waals surface area (Å²) in [5.74, 6) is -1.32. The molecule has 0 aliphatic heterocycles. The number of hydrogen-bond donors (Lipinski definition) is 3. The number of amides is 1. The molecule has 220 valence electrons. The van der Waals surface area contributed by atoms with Crippen LogP contribution in [0.3, 0.4) is 0 Å². The van der Waals surface area contributed by atoms with Gasteiger partial charge in [-0.25, -0.2) is 4.39 Å². The predicted molar refractivity (Wildman–Crippen MR) is 170 cm³/mol. The first kappa shape index (κ1) is 31.4. The lowest BCUT2D eigenvalue weighted by Gasteiger charge is -2.20. The van der Waals surface area contributed by atoms with Crippen LogP contribution in [0.1, 0.15) is 55.1 Å². The summed E-state index contributed by atoms with van der Waals surface area (Å²) in [5.41, 5.74) is 4.89. The number of para-hydroxylation sites is 1. The third-order valence-electron chi connectivity index (χ3n) is 7.01. The Hall–Kier alpha value is -3.54. The molecule has 1 heterocycles. The summed E-state index contributed by atoms with van der Waals surface area (Å²) in [5, 5.41) is 24.1. The number of carbonyl (C=O) groups is 2. The molecular formula is C33H34FIN2O5. The van der Waals surface area contributed by atoms with Crippen molar-refractivity contribution in [2.45, 2.75) is 57.8 Å². The van der Waals surface area contributed by atoms with E-state index in [0.717, 1.165) is 22.5 Å². The molecule has 42 heavy (non-hydrogen) atoms. The van der Waals surface area contributed by atoms with Crippen LogP contribution in [-0.2, 0) is 14.4 Å². The zero-order valence-electron chi connectivity index (χ0n) is 23.5. The zero-order chi connectivity index (χ0) is 30.2. The van der Waals surface area contributed by atoms with Crippen LogP contribution in [-0.4, -0.2) is 38.9 Å². The van der Waals surface area contributed by atoms with Crippen LogP contribution < -0.4 is 5.32 Å². The molecule has 7 nitrogen and oxygen atoms in total. The Labute approximate surface area is 259 Å². The van der Waals surface area contributed by atoms with Crippen LogP contribution in [0.2, 0.25) is 0 Å². The Morgan fingerprint density at radius 2 is 1.52 bits per heavy atom. The van der Waals surface area contributed by atoms with Gasteiger partial charge >= 0.3 is 5.97 Å². The molecule has 3 N–H and O–H groups in total. The van der Waals surface area contributed by atoms with E-state index in [9.17, 15) is 24.2 Å². The van der Waals surface area contributed by atoms with Gasteiger partial charge in [0, 0.05) is 23.5 Å². The van der Waals surface area contributed by atoms with Gasteiger partial charge in [0.1, 0.15) is 5.82 Å². The average molecular weight is 685 g/mol. The number of aromatic nitrogens is 1. The molecule has 0 aliphatic rings. The van der Waals surface area contributed by atoms with E-state index in [0.29, 0.717) is 23.4 Å². The summed E-state index contributed by atoms with van der Waals surface area (Å²) >= 11 is 1.46. The highest BCUT2D eigenvalue weighted by Crippen LogP contribution is 2.42. The second-order valence-corrected chi connectivity index (χ2v) is 10.9. The third kappa shape index (κ3) is 7.64. The second kappa shape index (κ2) is 14.6. The molecule has 0 fully saturated rings. The maximum absolute atomic E-state index is 14.1. The SMILES string of the molecule is CC(C)c1c(C(=O)Nc2ccccc2)c(-c2ccccc2)c(-c2ccc(F)cc2)n1CC[C@@H](O)C[C@@H](O)CC(=O)OI. The summed E-state index contributed by atoms with van der Waals surface area (Å²) in [6, 6.07) is 25.0. The summed E-state index contributed by atoms with van der Waals surface area (Å²) < 4.78 is 20.7. The molecule has 0 bridgehead atoms. The number of nitrogens with one attached hydrogen (secondary N) is 1. The molecule has 1 amide bonds. The molecule has 2 atom stereocenters. The number of nitrogens with zero attached hydrogens (tertiary/aromatic N) is 1. The van der Waals surface area contributed by atoms with E-state index < -0.39 is 18.2 Å². The Balaban J connectivity index is 1.86. The van der Waals surface area contributed by atoms with E-state index in [4.69, 9.17) is 0 Å². The number of aliphatic hydroxyl groups excluding tert-OH is 2. The van der Waals surface area contributed by atoms with E-state index in [-0.39, 0.29) is 36.9 Å². The van der Waals surface area contributed by atoms with Crippen molar-refractivity contribution in [2.24, 2.45) is 0 Å². The fraction of sp³-hybridized carbons (Fsp3) is 0.273. The van der Waals surface area contributed by atoms with Gasteiger partial charge < -0.3 is 23.2 Å². The van der Waals surface area contributed by atoms with E-state index in [1.165, 1.54) is 35.1 Å². The Morgan fingerprint density at radius 3 is 2.12 bits per heavy atom. The number of anilines is 1. The fourth-order valence-corrected chi connectivity index (χ4v) is 5.41. The minimum atomic E-state index is -1.06. The van der Waals surface area contributed by atoms with Crippen LogP contribution in [0, 0.1) is 5.82 Å². The third-order valence-corrected chi connectivity index (χ3v) is 7.50. The lowest BCUT2D eigenvalue weighted by molar-refractivity contribution is -0.133. The van der Waals surface area contributed by atoms with Crippen molar-refractivity contribution in [1.82, 2.24) is 4.57 Å². The Morgan fingerprint density at radius 1 is 0.905 bits per heavy atom. The van der Waals surface area contributed by atoms with Crippen molar-refractivity contribution in [3.05, 3.63) is 102 Å². The first-order valence-corrected chi connectivity index (χ1v) is 14.7. The topological polar surface area (TPSA) is 101 Å². The van der Waals surface area contributed by atoms with E-state index in [2.05, 4.69) is 8.38 Å². The van der Waals surface area contributed by atoms with Gasteiger partial charge in [0.25, 0.3) is 5.91 Å². The standard InChI is InChI=1S/C33H34FIN2O5/c1-21(2)31-30(33(41)36-25-11-7-4-8-12-25)29(22-9-5-3-6-10-22)32(23-13-15-24(34)16-14-23)37(31)18-17-26(38)19-27(39)20-28(40)42-35/h3-16,21,26-27,38-39H,17-20H2,1-2H3,(H,36,41)/t26-,27-/m1/s1. The van der Waals surface area contributed by atoms with E-state index in [1.54, 1.807) is 12.1 Å². The van der Waals surface area contributed by atoms with Gasteiger partial charge in [-0.3, -0.25) is 9.59 Å². The van der Waals surface area contributed by atoms with Crippen molar-refractivity contribution in [1.29, 1.82) is 0 Å². The number of halogens is 2. The first-order valence-electron chi connectivity index (χ1n) is 13.8. The van der Waals surface area contributed by atoms with Crippen molar-refractivity contribution in [3.63, 3.8) is 0 Å². The molecule has 0 aliphatic carbocycles. The number of hydrogen-bond acceptors (Lipinski definition) is 5. The van der Waals surface area contributed by atoms with Crippen LogP contribution in [0.4, 0.5) is 10.1 Å². The largest absolute Gasteiger partial charge is 0.394 e. The maximum atomic E-state index is 14.1. The predicted octanol–water partition coefficient (Wildman–Crippen LogP) is 7.12. The van der Waals surface area contributed by atoms with Crippen molar-refractivity contribution in [3.8, 4) is 22.4 Å². The normalized spacial score (nSPS) is 12.6. The van der Waals surface area contributed by atoms with Gasteiger partial charge in [0.2, 0.25) is 0 Å². The molecule has 0 spiro atoms. The van der Waals surface area contributed by atoms with Crippen molar-refractivity contribution >= 4 is 40.6 Å². The second-order valence-electron chi connectivity index (χ2n) is 10.5. The molecule has 9 heteroatoms. The van der Waals surface area contributed by atoms with Gasteiger partial charge in [-0.15, -0.1) is 0 Å². The lowest BCUT2D eigenvalue weighted by Crippen LogP contribution is -2.23. The molecule has 0 saturated heterocycles. The number of rotatable bonds is 12. The average Bonchev–Trinajstić information content (AvgIpc) is 3.33. The zero-order valence-corrected chi connectivity index (χ0v) is 25.6. The highest BCUT2D eigenvalue weighted by Gasteiger charge is 2.31. The van der Waals surface area contributed by atoms with Gasteiger partial charge in [0.05, 0.1) is 29.9 Å². The minimum absolute atomic E-state index is 0.0111. The first-order chi connectivity index (χ1) is 20.2. The van der Waals surface area contributed by atoms with E-state index in [1.807, 2.05) is 79.1 Å². The number of aliphatic hydroxyl groups is 2. The molecule has 0 saturated carbocycles. The molecule has 4 aromatic rings. The smallest absolute Gasteiger partial charge is 0.317 e. The summed E-state index contributed by atoms with van der Waals surface area (Å²) in [7, 11) is 0. The van der Waals surface area contributed by atoms with Crippen molar-refractivity contribution < 1.29 is 27.3 Å². The van der Waals surface area contributed by atoms with Gasteiger partial charge in [-0.05, 0) is 66.3 Å². The van der Waals surface area contributed by atoms with Crippen molar-refractivity contribution in [2.75, 3.05) is 5.32 Å². The van der Waals surface area contributed by atoms with Crippen LogP contribution in [0.5, 0.6) is 0 Å². The summed E-state index contributed by atoms with van der Waals surface area (Å²) in [6.07, 6.45) is -1.97. The summed E-state index contributed by atoms with van der Waals surface area (Å²) in [6.45, 7) is 4.32. The lowest BCUT2D eigenvalue weighted by atomic mass is 9.94. The molecular weight excluding hydrogens is 650 g/mol. The highest BCUT2D eigenvalue weighted by molar-refractivity contribution is 14.1. The molecule has 1 aromatic heterocycles.